The molecule has 0 aliphatic carbocycles. The largest absolute Gasteiger partial charge is 0.329 e. The number of nitrogens with one attached hydrogen (secondary N) is 1. The van der Waals surface area contributed by atoms with Crippen LogP contribution in [0, 0.1) is 0 Å². The van der Waals surface area contributed by atoms with Crippen molar-refractivity contribution >= 4 is 7.60 Å². The van der Waals surface area contributed by atoms with Crippen molar-refractivity contribution in [3.63, 3.8) is 0 Å². The van der Waals surface area contributed by atoms with Crippen LogP contribution in [0.25, 0.3) is 0 Å². The molecule has 24 heavy (non-hydrogen) atoms. The third-order valence-corrected chi connectivity index (χ3v) is 6.72. The molecule has 0 aromatic rings. The van der Waals surface area contributed by atoms with Crippen LogP contribution in [0.15, 0.2) is 0 Å². The lowest BCUT2D eigenvalue weighted by Gasteiger charge is -2.33. The third-order valence-electron chi connectivity index (χ3n) is 5.27. The Morgan fingerprint density at radius 1 is 1.17 bits per heavy atom. The van der Waals surface area contributed by atoms with Crippen LogP contribution in [0.5, 0.6) is 0 Å². The van der Waals surface area contributed by atoms with Crippen molar-refractivity contribution in [2.75, 3.05) is 52.0 Å². The average molecular weight is 361 g/mol. The molecule has 0 radical (unpaired) electrons. The molecule has 2 fully saturated rings. The highest BCUT2D eigenvalue weighted by Gasteiger charge is 2.25. The fourth-order valence-corrected chi connectivity index (χ4v) is 4.82. The van der Waals surface area contributed by atoms with Crippen LogP contribution in [-0.4, -0.2) is 78.8 Å². The van der Waals surface area contributed by atoms with Crippen LogP contribution in [0.1, 0.15) is 46.0 Å². The van der Waals surface area contributed by atoms with Gasteiger partial charge in [-0.1, -0.05) is 6.92 Å². The fourth-order valence-electron chi connectivity index (χ4n) is 3.47. The summed E-state index contributed by atoms with van der Waals surface area (Å²) in [6.45, 7) is 11.3. The normalized spacial score (nSPS) is 25.0. The second-order valence-electron chi connectivity index (χ2n) is 7.30. The molecule has 6 nitrogen and oxygen atoms in total. The Labute approximate surface area is 147 Å². The molecule has 142 valence electrons. The van der Waals surface area contributed by atoms with Gasteiger partial charge in [0.25, 0.3) is 0 Å². The first kappa shape index (κ1) is 20.3. The highest BCUT2D eigenvalue weighted by molar-refractivity contribution is 7.52. The van der Waals surface area contributed by atoms with E-state index in [9.17, 15) is 9.46 Å². The van der Waals surface area contributed by atoms with Crippen molar-refractivity contribution in [3.8, 4) is 0 Å². The molecule has 0 aromatic heterocycles. The number of likely N-dealkylation sites (tertiary alicyclic amines) is 2. The number of hydrogen-bond donors (Lipinski definition) is 2. The van der Waals surface area contributed by atoms with Gasteiger partial charge in [-0.2, -0.15) is 0 Å². The van der Waals surface area contributed by atoms with E-state index >= 15 is 0 Å². The molecule has 2 heterocycles. The molecule has 0 bridgehead atoms. The van der Waals surface area contributed by atoms with Crippen molar-refractivity contribution in [3.05, 3.63) is 0 Å². The third kappa shape index (κ3) is 7.51. The number of hydrogen-bond acceptors (Lipinski definition) is 5. The summed E-state index contributed by atoms with van der Waals surface area (Å²) < 4.78 is 17.3. The van der Waals surface area contributed by atoms with Crippen molar-refractivity contribution in [2.45, 2.75) is 58.1 Å². The van der Waals surface area contributed by atoms with Gasteiger partial charge in [-0.05, 0) is 65.2 Å². The first-order valence-electron chi connectivity index (χ1n) is 9.67. The predicted octanol–water partition coefficient (Wildman–Crippen LogP) is 2.14. The Morgan fingerprint density at radius 3 is 2.42 bits per heavy atom. The molecular formula is C17H36N3O3P. The van der Waals surface area contributed by atoms with E-state index in [4.69, 9.17) is 4.52 Å². The highest BCUT2D eigenvalue weighted by Crippen LogP contribution is 2.43. The topological polar surface area (TPSA) is 65.0 Å². The first-order chi connectivity index (χ1) is 11.5. The van der Waals surface area contributed by atoms with Crippen molar-refractivity contribution in [1.29, 1.82) is 0 Å². The second-order valence-corrected chi connectivity index (χ2v) is 9.24. The van der Waals surface area contributed by atoms with E-state index in [0.717, 1.165) is 38.9 Å². The molecule has 2 atom stereocenters. The quantitative estimate of drug-likeness (QED) is 0.581. The predicted molar refractivity (Wildman–Crippen MR) is 98.7 cm³/mol. The van der Waals surface area contributed by atoms with E-state index in [0.29, 0.717) is 12.6 Å². The molecule has 0 saturated carbocycles. The molecule has 2 saturated heterocycles. The maximum Gasteiger partial charge on any atom is 0.329 e. The Hall–Kier alpha value is 0.0300. The molecule has 2 N–H and O–H groups in total. The van der Waals surface area contributed by atoms with Gasteiger partial charge in [0.1, 0.15) is 0 Å². The summed E-state index contributed by atoms with van der Waals surface area (Å²) in [5.41, 5.74) is 0. The van der Waals surface area contributed by atoms with Gasteiger partial charge in [0.15, 0.2) is 0 Å². The van der Waals surface area contributed by atoms with Gasteiger partial charge in [0, 0.05) is 25.7 Å². The van der Waals surface area contributed by atoms with Crippen LogP contribution in [0.3, 0.4) is 0 Å². The number of piperidine rings is 1. The minimum absolute atomic E-state index is 0.147. The SMILES string of the molecule is CCC(C)OP(=O)(O)CCN1CCC(NCCN2CCCC2)CC1. The van der Waals surface area contributed by atoms with Gasteiger partial charge >= 0.3 is 7.60 Å². The minimum Gasteiger partial charge on any atom is -0.324 e. The summed E-state index contributed by atoms with van der Waals surface area (Å²) in [5, 5.41) is 3.68. The van der Waals surface area contributed by atoms with Crippen LogP contribution in [0.4, 0.5) is 0 Å². The summed E-state index contributed by atoms with van der Waals surface area (Å²) in [5.74, 6) is 0. The number of rotatable bonds is 10. The lowest BCUT2D eigenvalue weighted by Crippen LogP contribution is -2.45. The van der Waals surface area contributed by atoms with Gasteiger partial charge in [0.05, 0.1) is 12.3 Å². The van der Waals surface area contributed by atoms with Crippen molar-refractivity contribution < 1.29 is 14.0 Å². The molecule has 2 rings (SSSR count). The van der Waals surface area contributed by atoms with Gasteiger partial charge in [0.2, 0.25) is 0 Å². The van der Waals surface area contributed by atoms with E-state index in [1.165, 1.54) is 32.5 Å². The maximum absolute atomic E-state index is 12.0. The molecule has 0 spiro atoms. The number of nitrogens with zero attached hydrogens (tertiary/aromatic N) is 2. The van der Waals surface area contributed by atoms with Gasteiger partial charge in [-0.15, -0.1) is 0 Å². The molecule has 0 amide bonds. The van der Waals surface area contributed by atoms with E-state index < -0.39 is 7.60 Å². The van der Waals surface area contributed by atoms with Gasteiger partial charge in [-0.25, -0.2) is 0 Å². The summed E-state index contributed by atoms with van der Waals surface area (Å²) in [6.07, 6.45) is 5.82. The zero-order valence-corrected chi connectivity index (χ0v) is 16.3. The molecule has 7 heteroatoms. The van der Waals surface area contributed by atoms with Crippen LogP contribution < -0.4 is 5.32 Å². The standard InChI is InChI=1S/C17H36N3O3P/c1-3-16(2)23-24(21,22)15-14-20-11-6-17(7-12-20)18-8-13-19-9-4-5-10-19/h16-18H,3-15H2,1-2H3,(H,21,22). The lowest BCUT2D eigenvalue weighted by atomic mass is 10.1. The Balaban J connectivity index is 1.56. The van der Waals surface area contributed by atoms with E-state index in [2.05, 4.69) is 15.1 Å². The van der Waals surface area contributed by atoms with E-state index in [1.54, 1.807) is 0 Å². The zero-order chi connectivity index (χ0) is 17.4. The molecule has 2 aliphatic rings. The second kappa shape index (κ2) is 10.2. The van der Waals surface area contributed by atoms with Crippen molar-refractivity contribution in [1.82, 2.24) is 15.1 Å². The summed E-state index contributed by atoms with van der Waals surface area (Å²) >= 11 is 0. The Bertz CT molecular complexity index is 397. The molecular weight excluding hydrogens is 325 g/mol. The summed E-state index contributed by atoms with van der Waals surface area (Å²) in [4.78, 5) is 14.7. The first-order valence-corrected chi connectivity index (χ1v) is 11.4. The molecule has 0 aromatic carbocycles. The minimum atomic E-state index is -3.44. The zero-order valence-electron chi connectivity index (χ0n) is 15.5. The summed E-state index contributed by atoms with van der Waals surface area (Å²) in [7, 11) is -3.44. The Morgan fingerprint density at radius 2 is 1.79 bits per heavy atom. The van der Waals surface area contributed by atoms with Crippen LogP contribution >= 0.6 is 7.60 Å². The van der Waals surface area contributed by atoms with Gasteiger partial charge < -0.3 is 24.5 Å². The van der Waals surface area contributed by atoms with Crippen molar-refractivity contribution in [2.24, 2.45) is 0 Å². The van der Waals surface area contributed by atoms with Gasteiger partial charge in [-0.3, -0.25) is 4.57 Å². The maximum atomic E-state index is 12.0. The van der Waals surface area contributed by atoms with E-state index in [-0.39, 0.29) is 12.3 Å². The smallest absolute Gasteiger partial charge is 0.324 e. The van der Waals surface area contributed by atoms with Crippen LogP contribution in [0.2, 0.25) is 0 Å². The average Bonchev–Trinajstić information content (AvgIpc) is 3.07. The Kier molecular flexibility index (Phi) is 8.68. The lowest BCUT2D eigenvalue weighted by molar-refractivity contribution is 0.174. The fraction of sp³-hybridized carbons (Fsp3) is 1.00. The molecule has 2 aliphatic heterocycles. The molecule has 2 unspecified atom stereocenters. The monoisotopic (exact) mass is 361 g/mol. The van der Waals surface area contributed by atoms with E-state index in [1.807, 2.05) is 13.8 Å². The summed E-state index contributed by atoms with van der Waals surface area (Å²) in [6, 6.07) is 0.598. The highest BCUT2D eigenvalue weighted by atomic mass is 31.2. The van der Waals surface area contributed by atoms with Crippen LogP contribution in [-0.2, 0) is 9.09 Å².